The fourth-order valence-corrected chi connectivity index (χ4v) is 2.43. The van der Waals surface area contributed by atoms with Gasteiger partial charge in [-0.25, -0.2) is 0 Å². The van der Waals surface area contributed by atoms with E-state index in [1.54, 1.807) is 18.2 Å². The molecule has 0 saturated carbocycles. The summed E-state index contributed by atoms with van der Waals surface area (Å²) in [7, 11) is 0. The number of nitrogens with one attached hydrogen (secondary N) is 1. The van der Waals surface area contributed by atoms with E-state index in [0.29, 0.717) is 17.1 Å². The highest BCUT2D eigenvalue weighted by atomic mass is 35.5. The lowest BCUT2D eigenvalue weighted by Gasteiger charge is -2.10. The number of aromatic nitrogens is 1. The number of anilines is 1. The average molecular weight is 294 g/mol. The molecule has 0 unspecified atom stereocenters. The summed E-state index contributed by atoms with van der Waals surface area (Å²) in [6, 6.07) is 15.4. The van der Waals surface area contributed by atoms with Crippen molar-refractivity contribution in [2.24, 2.45) is 0 Å². The summed E-state index contributed by atoms with van der Waals surface area (Å²) in [5, 5.41) is 15.1. The number of hydrogen-bond acceptors (Lipinski definition) is 3. The van der Waals surface area contributed by atoms with Crippen molar-refractivity contribution < 1.29 is 0 Å². The van der Waals surface area contributed by atoms with E-state index in [-0.39, 0.29) is 0 Å². The maximum atomic E-state index is 8.95. The minimum atomic E-state index is 0.581. The number of fused-ring (bicyclic) bond motifs is 1. The Kier molecular flexibility index (Phi) is 3.72. The SMILES string of the molecule is N#Cc1ccc(Cl)c(NCc2cncc3ccccc23)c1. The number of nitriles is 1. The van der Waals surface area contributed by atoms with Gasteiger partial charge in [-0.1, -0.05) is 35.9 Å². The molecule has 0 saturated heterocycles. The molecule has 3 aromatic rings. The first kappa shape index (κ1) is 13.4. The first-order valence-corrected chi connectivity index (χ1v) is 6.91. The van der Waals surface area contributed by atoms with E-state index in [0.717, 1.165) is 22.0 Å². The summed E-state index contributed by atoms with van der Waals surface area (Å²) in [6.45, 7) is 0.600. The van der Waals surface area contributed by atoms with Gasteiger partial charge in [0.05, 0.1) is 22.3 Å². The molecule has 1 heterocycles. The minimum absolute atomic E-state index is 0.581. The van der Waals surface area contributed by atoms with Crippen LogP contribution < -0.4 is 5.32 Å². The first-order chi connectivity index (χ1) is 10.3. The monoisotopic (exact) mass is 293 g/mol. The normalized spacial score (nSPS) is 10.3. The maximum absolute atomic E-state index is 8.95. The molecule has 0 aliphatic rings. The van der Waals surface area contributed by atoms with Crippen molar-refractivity contribution in [3.63, 3.8) is 0 Å². The van der Waals surface area contributed by atoms with Gasteiger partial charge in [-0.15, -0.1) is 0 Å². The maximum Gasteiger partial charge on any atom is 0.0992 e. The topological polar surface area (TPSA) is 48.7 Å². The fraction of sp³-hybridized carbons (Fsp3) is 0.0588. The van der Waals surface area contributed by atoms with Crippen LogP contribution in [0.1, 0.15) is 11.1 Å². The van der Waals surface area contributed by atoms with Crippen LogP contribution in [0.3, 0.4) is 0 Å². The molecule has 21 heavy (non-hydrogen) atoms. The standard InChI is InChI=1S/C17H12ClN3/c18-16-6-5-12(8-19)7-17(16)21-11-14-10-20-9-13-3-1-2-4-15(13)14/h1-7,9-10,21H,11H2. The Morgan fingerprint density at radius 1 is 1.14 bits per heavy atom. The van der Waals surface area contributed by atoms with Crippen molar-refractivity contribution in [3.8, 4) is 6.07 Å². The van der Waals surface area contributed by atoms with Crippen LogP contribution >= 0.6 is 11.6 Å². The highest BCUT2D eigenvalue weighted by Crippen LogP contribution is 2.24. The van der Waals surface area contributed by atoms with Crippen LogP contribution in [-0.4, -0.2) is 4.98 Å². The van der Waals surface area contributed by atoms with E-state index < -0.39 is 0 Å². The third kappa shape index (κ3) is 2.81. The molecule has 2 aromatic carbocycles. The lowest BCUT2D eigenvalue weighted by molar-refractivity contribution is 1.14. The van der Waals surface area contributed by atoms with Crippen molar-refractivity contribution >= 4 is 28.1 Å². The number of nitrogens with zero attached hydrogens (tertiary/aromatic N) is 2. The van der Waals surface area contributed by atoms with Gasteiger partial charge in [0.2, 0.25) is 0 Å². The molecule has 0 spiro atoms. The Morgan fingerprint density at radius 2 is 2.00 bits per heavy atom. The van der Waals surface area contributed by atoms with Gasteiger partial charge in [0.15, 0.2) is 0 Å². The second-order valence-electron chi connectivity index (χ2n) is 4.68. The van der Waals surface area contributed by atoms with Gasteiger partial charge in [0, 0.05) is 24.3 Å². The lowest BCUT2D eigenvalue weighted by Crippen LogP contribution is -2.01. The van der Waals surface area contributed by atoms with Gasteiger partial charge in [0.1, 0.15) is 0 Å². The Hall–Kier alpha value is -2.57. The zero-order valence-corrected chi connectivity index (χ0v) is 11.9. The van der Waals surface area contributed by atoms with Crippen LogP contribution in [0.25, 0.3) is 10.8 Å². The second kappa shape index (κ2) is 5.82. The molecule has 1 N–H and O–H groups in total. The highest BCUT2D eigenvalue weighted by molar-refractivity contribution is 6.33. The highest BCUT2D eigenvalue weighted by Gasteiger charge is 2.04. The molecule has 0 fully saturated rings. The van der Waals surface area contributed by atoms with Crippen LogP contribution in [0.15, 0.2) is 54.9 Å². The van der Waals surface area contributed by atoms with Crippen molar-refractivity contribution in [1.82, 2.24) is 4.98 Å². The smallest absolute Gasteiger partial charge is 0.0992 e. The molecule has 4 heteroatoms. The largest absolute Gasteiger partial charge is 0.380 e. The molecule has 102 valence electrons. The fourth-order valence-electron chi connectivity index (χ4n) is 2.24. The summed E-state index contributed by atoms with van der Waals surface area (Å²) < 4.78 is 0. The Bertz CT molecular complexity index is 832. The van der Waals surface area contributed by atoms with Crippen molar-refractivity contribution in [2.45, 2.75) is 6.54 Å². The van der Waals surface area contributed by atoms with E-state index in [1.807, 2.05) is 30.6 Å². The number of rotatable bonds is 3. The molecule has 3 rings (SSSR count). The van der Waals surface area contributed by atoms with Gasteiger partial charge >= 0.3 is 0 Å². The molecule has 0 aliphatic heterocycles. The van der Waals surface area contributed by atoms with Crippen molar-refractivity contribution in [2.75, 3.05) is 5.32 Å². The van der Waals surface area contributed by atoms with Gasteiger partial charge < -0.3 is 5.32 Å². The van der Waals surface area contributed by atoms with Gasteiger partial charge in [-0.3, -0.25) is 4.98 Å². The van der Waals surface area contributed by atoms with Crippen LogP contribution in [0.5, 0.6) is 0 Å². The summed E-state index contributed by atoms with van der Waals surface area (Å²) in [6.07, 6.45) is 3.69. The van der Waals surface area contributed by atoms with E-state index >= 15 is 0 Å². The molecule has 0 bridgehead atoms. The minimum Gasteiger partial charge on any atom is -0.380 e. The zero-order chi connectivity index (χ0) is 14.7. The molecular formula is C17H12ClN3. The van der Waals surface area contributed by atoms with Crippen LogP contribution in [0.4, 0.5) is 5.69 Å². The Balaban J connectivity index is 1.89. The predicted octanol–water partition coefficient (Wildman–Crippen LogP) is 4.37. The Labute approximate surface area is 127 Å². The predicted molar refractivity (Wildman–Crippen MR) is 85.2 cm³/mol. The number of hydrogen-bond donors (Lipinski definition) is 1. The van der Waals surface area contributed by atoms with Gasteiger partial charge in [0.25, 0.3) is 0 Å². The third-order valence-electron chi connectivity index (χ3n) is 3.32. The van der Waals surface area contributed by atoms with E-state index in [9.17, 15) is 0 Å². The molecule has 0 aliphatic carbocycles. The molecule has 0 amide bonds. The number of benzene rings is 2. The van der Waals surface area contributed by atoms with Crippen LogP contribution in [0.2, 0.25) is 5.02 Å². The van der Waals surface area contributed by atoms with Gasteiger partial charge in [-0.2, -0.15) is 5.26 Å². The molecule has 0 atom stereocenters. The van der Waals surface area contributed by atoms with Crippen molar-refractivity contribution in [3.05, 3.63) is 71.0 Å². The van der Waals surface area contributed by atoms with Crippen LogP contribution in [-0.2, 0) is 6.54 Å². The van der Waals surface area contributed by atoms with Crippen LogP contribution in [0, 0.1) is 11.3 Å². The number of pyridine rings is 1. The summed E-state index contributed by atoms with van der Waals surface area (Å²) in [5.74, 6) is 0. The van der Waals surface area contributed by atoms with E-state index in [2.05, 4.69) is 22.4 Å². The average Bonchev–Trinajstić information content (AvgIpc) is 2.54. The summed E-state index contributed by atoms with van der Waals surface area (Å²) >= 11 is 6.15. The van der Waals surface area contributed by atoms with Gasteiger partial charge in [-0.05, 0) is 29.1 Å². The van der Waals surface area contributed by atoms with E-state index in [1.165, 1.54) is 0 Å². The first-order valence-electron chi connectivity index (χ1n) is 6.53. The molecule has 3 nitrogen and oxygen atoms in total. The van der Waals surface area contributed by atoms with E-state index in [4.69, 9.17) is 16.9 Å². The Morgan fingerprint density at radius 3 is 2.86 bits per heavy atom. The summed E-state index contributed by atoms with van der Waals surface area (Å²) in [5.41, 5.74) is 2.42. The molecule has 1 aromatic heterocycles. The quantitative estimate of drug-likeness (QED) is 0.780. The summed E-state index contributed by atoms with van der Waals surface area (Å²) in [4.78, 5) is 4.26. The number of halogens is 1. The molecular weight excluding hydrogens is 282 g/mol. The lowest BCUT2D eigenvalue weighted by atomic mass is 10.1. The third-order valence-corrected chi connectivity index (χ3v) is 3.65. The second-order valence-corrected chi connectivity index (χ2v) is 5.09. The van der Waals surface area contributed by atoms with Crippen molar-refractivity contribution in [1.29, 1.82) is 5.26 Å². The zero-order valence-electron chi connectivity index (χ0n) is 11.2. The molecule has 0 radical (unpaired) electrons.